The Morgan fingerprint density at radius 3 is 2.27 bits per heavy atom. The molecular weight excluding hydrogens is 1070 g/mol. The number of ether oxygens (including phenoxy) is 7. The Bertz CT molecular complexity index is 2250. The number of piperazine rings is 1. The van der Waals surface area contributed by atoms with Gasteiger partial charge in [0.05, 0.1) is 50.8 Å². The topological polar surface area (TPSA) is 279 Å². The molecule has 5 fully saturated rings. The van der Waals surface area contributed by atoms with E-state index in [0.29, 0.717) is 89.7 Å². The van der Waals surface area contributed by atoms with Crippen LogP contribution in [0.3, 0.4) is 0 Å². The van der Waals surface area contributed by atoms with Crippen molar-refractivity contribution in [3.63, 3.8) is 0 Å². The Labute approximate surface area is 492 Å². The van der Waals surface area contributed by atoms with E-state index in [4.69, 9.17) is 38.9 Å². The second-order valence-corrected chi connectivity index (χ2v) is 24.8. The number of Topliss-reactive ketones (excluding diaryl/α,β-unsaturated/α-hetero) is 2. The van der Waals surface area contributed by atoms with E-state index in [2.05, 4.69) is 22.2 Å². The summed E-state index contributed by atoms with van der Waals surface area (Å²) in [6, 6.07) is -0.816. The first-order valence-electron chi connectivity index (χ1n) is 30.6. The molecule has 1 unspecified atom stereocenters. The fraction of sp³-hybridized carbons (Fsp3) is 0.790. The van der Waals surface area contributed by atoms with Gasteiger partial charge in [-0.2, -0.15) is 0 Å². The Balaban J connectivity index is 1.12. The maximum Gasteiger partial charge on any atom is 0.407 e. The Morgan fingerprint density at radius 1 is 0.819 bits per heavy atom. The highest BCUT2D eigenvalue weighted by Crippen LogP contribution is 2.38. The summed E-state index contributed by atoms with van der Waals surface area (Å²) in [5, 5.41) is 49.1. The van der Waals surface area contributed by atoms with Crippen molar-refractivity contribution in [3.05, 3.63) is 47.6 Å². The number of nitrogens with two attached hydrogens (primary N) is 1. The zero-order chi connectivity index (χ0) is 60.5. The first kappa shape index (κ1) is 68.1. The van der Waals surface area contributed by atoms with E-state index in [-0.39, 0.29) is 56.4 Å². The van der Waals surface area contributed by atoms with Crippen molar-refractivity contribution in [2.24, 2.45) is 35.3 Å². The molecule has 5 aliphatic heterocycles. The van der Waals surface area contributed by atoms with Crippen LogP contribution in [0.2, 0.25) is 0 Å². The van der Waals surface area contributed by atoms with E-state index in [1.54, 1.807) is 48.0 Å². The van der Waals surface area contributed by atoms with Gasteiger partial charge in [-0.15, -0.1) is 0 Å². The van der Waals surface area contributed by atoms with Gasteiger partial charge in [0.15, 0.2) is 5.78 Å². The molecule has 0 radical (unpaired) electrons. The number of methoxy groups -OCH3 is 2. The van der Waals surface area contributed by atoms with Crippen molar-refractivity contribution in [3.8, 4) is 0 Å². The van der Waals surface area contributed by atoms with Crippen LogP contribution in [0.25, 0.3) is 0 Å². The summed E-state index contributed by atoms with van der Waals surface area (Å²) in [6.07, 6.45) is 8.16. The number of cyclic esters (lactones) is 1. The fourth-order valence-electron chi connectivity index (χ4n) is 13.1. The molecule has 0 aromatic carbocycles. The monoisotopic (exact) mass is 1170 g/mol. The molecule has 21 nitrogen and oxygen atoms in total. The number of hydrogen-bond acceptors (Lipinski definition) is 19. The van der Waals surface area contributed by atoms with Crippen LogP contribution in [0.4, 0.5) is 4.79 Å². The number of fused-ring (bicyclic) bond motifs is 5. The molecule has 6 rings (SSSR count). The van der Waals surface area contributed by atoms with Crippen molar-refractivity contribution >= 4 is 29.5 Å². The van der Waals surface area contributed by atoms with Gasteiger partial charge in [-0.1, -0.05) is 64.2 Å². The predicted molar refractivity (Wildman–Crippen MR) is 310 cm³/mol. The molecular formula is C62H101N5O16. The number of nitrogens with one attached hydrogen (secondary N) is 1. The minimum atomic E-state index is -2.48. The molecule has 0 spiro atoms. The number of allylic oxidation sites excluding steroid dienone is 5. The van der Waals surface area contributed by atoms with Gasteiger partial charge in [0, 0.05) is 95.7 Å². The number of carbonyl (C=O) groups is 5. The highest BCUT2D eigenvalue weighted by atomic mass is 16.6. The number of alkyl carbamates (subject to hydrolysis) is 1. The van der Waals surface area contributed by atoms with Gasteiger partial charge in [0.25, 0.3) is 11.7 Å². The summed E-state index contributed by atoms with van der Waals surface area (Å²) in [4.78, 5) is 75.9. The third kappa shape index (κ3) is 19.0. The molecule has 83 heavy (non-hydrogen) atoms. The van der Waals surface area contributed by atoms with Gasteiger partial charge in [-0.3, -0.25) is 19.3 Å². The maximum atomic E-state index is 14.6. The minimum Gasteiger partial charge on any atom is -0.459 e. The summed E-state index contributed by atoms with van der Waals surface area (Å²) in [5.74, 6) is -8.27. The quantitative estimate of drug-likeness (QED) is 0.0581. The van der Waals surface area contributed by atoms with E-state index in [9.17, 15) is 44.4 Å². The SMILES string of the molecule is CO[C@H]1C[C@@H]2CC[C@@H](C)[C@@](O)(O2)C(=O)C(=O)N2CCCC[C@H]2C(=O)O[C@H]([C@H](N)C[C@@H]2CC[C@@H](OC(=O)NCCOCCOCCN3C[C@@H]4CC3CN4C)[C@H](OC)C2)C[C@@H](O)[C@H](C)/C=C(\C)[C@@H](O)[C@@H](O)C(=O)[C@H](C)C[C@H](C)/C=C/C=C/C=C/1C. The number of aliphatic hydroxyl groups is 4. The Morgan fingerprint density at radius 2 is 1.57 bits per heavy atom. The lowest BCUT2D eigenvalue weighted by Crippen LogP contribution is -2.61. The Hall–Kier alpha value is -3.97. The van der Waals surface area contributed by atoms with Gasteiger partial charge in [-0.25, -0.2) is 9.59 Å². The van der Waals surface area contributed by atoms with Gasteiger partial charge < -0.3 is 74.4 Å². The summed E-state index contributed by atoms with van der Waals surface area (Å²) >= 11 is 0. The number of ketones is 2. The number of rotatable bonds is 15. The van der Waals surface area contributed by atoms with Crippen LogP contribution in [-0.4, -0.2) is 224 Å². The standard InChI is InChI=1S/C62H101N5O16/c1-38-15-11-10-12-16-39(2)52(77-8)34-47-20-18-43(6)62(76,83-47)58(72)59(73)67-23-14-13-17-49(67)60(74)81-53(35-50(68)40(3)30-42(5)56(70)57(71)55(69)41(4)29-38)48(63)31-44-19-21-51(54(32-44)78-9)82-61(75)64-22-25-79-27-28-80-26-24-66-37-45-33-46(66)36-65(45)7/h10-12,15-16,30,38,40-41,43-54,56-57,68,70-71,76H,13-14,17-29,31-37,63H2,1-9H3,(H,64,75)/b12-10+,15-11+,39-16+,42-30+/t38-,40-,41-,43-,44+,45+,46?,47+,48-,49+,50-,51-,52+,53+,54-,56-,57+,62-/m1/s1. The molecule has 6 aliphatic rings. The molecule has 21 heteroatoms. The summed E-state index contributed by atoms with van der Waals surface area (Å²) in [6.45, 7) is 15.7. The number of hydrogen-bond donors (Lipinski definition) is 6. The zero-order valence-electron chi connectivity index (χ0n) is 50.9. The number of likely N-dealkylation sites (N-methyl/N-ethyl adjacent to an activating group) is 1. The van der Waals surface area contributed by atoms with E-state index in [1.807, 2.05) is 44.2 Å². The summed E-state index contributed by atoms with van der Waals surface area (Å²) < 4.78 is 41.5. The van der Waals surface area contributed by atoms with E-state index in [1.165, 1.54) is 6.42 Å². The third-order valence-corrected chi connectivity index (χ3v) is 18.4. The van der Waals surface area contributed by atoms with Crippen LogP contribution in [0.1, 0.15) is 125 Å². The number of likely N-dealkylation sites (tertiary alicyclic amines) is 2. The lowest BCUT2D eigenvalue weighted by atomic mass is 9.80. The Kier molecular flexibility index (Phi) is 26.8. The lowest BCUT2D eigenvalue weighted by molar-refractivity contribution is -0.265. The molecule has 0 aromatic rings. The molecule has 1 aliphatic carbocycles. The van der Waals surface area contributed by atoms with Crippen molar-refractivity contribution in [2.45, 2.75) is 204 Å². The van der Waals surface area contributed by atoms with Crippen molar-refractivity contribution < 1.29 is 77.6 Å². The highest BCUT2D eigenvalue weighted by Gasteiger charge is 2.53. The average Bonchev–Trinajstić information content (AvgIpc) is 4.21. The second kappa shape index (κ2) is 32.7. The van der Waals surface area contributed by atoms with Crippen LogP contribution >= 0.6 is 0 Å². The van der Waals surface area contributed by atoms with E-state index < -0.39 is 114 Å². The molecule has 1 saturated carbocycles. The molecule has 4 saturated heterocycles. The van der Waals surface area contributed by atoms with Crippen LogP contribution < -0.4 is 11.1 Å². The third-order valence-electron chi connectivity index (χ3n) is 18.4. The van der Waals surface area contributed by atoms with Gasteiger partial charge in [0.2, 0.25) is 5.79 Å². The molecule has 4 bridgehead atoms. The smallest absolute Gasteiger partial charge is 0.407 e. The molecule has 18 atom stereocenters. The van der Waals surface area contributed by atoms with Crippen LogP contribution in [0, 0.1) is 29.6 Å². The van der Waals surface area contributed by atoms with Crippen LogP contribution in [0.15, 0.2) is 47.6 Å². The van der Waals surface area contributed by atoms with Crippen LogP contribution in [-0.2, 0) is 52.3 Å². The van der Waals surface area contributed by atoms with E-state index >= 15 is 0 Å². The van der Waals surface area contributed by atoms with Crippen molar-refractivity contribution in [1.29, 1.82) is 0 Å². The molecule has 0 aromatic heterocycles. The summed E-state index contributed by atoms with van der Waals surface area (Å²) in [7, 11) is 5.29. The highest BCUT2D eigenvalue weighted by molar-refractivity contribution is 6.39. The predicted octanol–water partition coefficient (Wildman–Crippen LogP) is 4.16. The molecule has 470 valence electrons. The molecule has 2 amide bonds. The van der Waals surface area contributed by atoms with Crippen molar-refractivity contribution in [1.82, 2.24) is 20.0 Å². The fourth-order valence-corrected chi connectivity index (χ4v) is 13.1. The summed E-state index contributed by atoms with van der Waals surface area (Å²) in [5.41, 5.74) is 8.12. The molecule has 7 N–H and O–H groups in total. The van der Waals surface area contributed by atoms with E-state index in [0.717, 1.165) is 30.1 Å². The lowest BCUT2D eigenvalue weighted by Gasteiger charge is -2.42. The van der Waals surface area contributed by atoms with Crippen molar-refractivity contribution in [2.75, 3.05) is 80.4 Å². The second-order valence-electron chi connectivity index (χ2n) is 24.8. The number of nitrogens with zero attached hydrogens (tertiary/aromatic N) is 3. The number of piperidine rings is 1. The number of amides is 2. The number of carbonyl (C=O) groups excluding carboxylic acids is 5. The first-order chi connectivity index (χ1) is 39.5. The number of esters is 1. The van der Waals surface area contributed by atoms with Gasteiger partial charge >= 0.3 is 12.1 Å². The maximum absolute atomic E-state index is 14.6. The zero-order valence-corrected chi connectivity index (χ0v) is 50.9. The number of aliphatic hydroxyl groups excluding tert-OH is 3. The molecule has 5 heterocycles. The normalized spacial score (nSPS) is 38.7. The van der Waals surface area contributed by atoms with Gasteiger partial charge in [-0.05, 0) is 115 Å². The largest absolute Gasteiger partial charge is 0.459 e. The van der Waals surface area contributed by atoms with Gasteiger partial charge in [0.1, 0.15) is 30.5 Å². The first-order valence-corrected chi connectivity index (χ1v) is 30.6. The van der Waals surface area contributed by atoms with Crippen LogP contribution in [0.5, 0.6) is 0 Å². The average molecular weight is 1170 g/mol. The minimum absolute atomic E-state index is 0.0365.